The summed E-state index contributed by atoms with van der Waals surface area (Å²) in [5, 5.41) is 9.43. The summed E-state index contributed by atoms with van der Waals surface area (Å²) in [6.07, 6.45) is 1.84. The van der Waals surface area contributed by atoms with Gasteiger partial charge in [0.05, 0.1) is 18.7 Å². The van der Waals surface area contributed by atoms with E-state index < -0.39 is 5.97 Å². The lowest BCUT2D eigenvalue weighted by Crippen LogP contribution is -2.30. The van der Waals surface area contributed by atoms with Gasteiger partial charge in [-0.25, -0.2) is 4.79 Å². The van der Waals surface area contributed by atoms with Gasteiger partial charge in [0.1, 0.15) is 5.75 Å². The van der Waals surface area contributed by atoms with Gasteiger partial charge in [0.15, 0.2) is 0 Å². The zero-order valence-corrected chi connectivity index (χ0v) is 13.4. The van der Waals surface area contributed by atoms with Crippen molar-refractivity contribution in [2.75, 3.05) is 13.7 Å². The summed E-state index contributed by atoms with van der Waals surface area (Å²) in [5.74, 6) is -0.257. The third-order valence-corrected chi connectivity index (χ3v) is 4.34. The van der Waals surface area contributed by atoms with E-state index in [1.54, 1.807) is 36.4 Å². The molecular weight excluding hydrogens is 306 g/mol. The molecule has 0 radical (unpaired) electrons. The maximum absolute atomic E-state index is 12.8. The molecule has 2 aromatic carbocycles. The molecule has 1 saturated heterocycles. The first-order valence-corrected chi connectivity index (χ1v) is 7.88. The van der Waals surface area contributed by atoms with Crippen LogP contribution in [0.15, 0.2) is 48.5 Å². The van der Waals surface area contributed by atoms with Crippen LogP contribution in [0.25, 0.3) is 0 Å². The Kier molecular flexibility index (Phi) is 4.51. The monoisotopic (exact) mass is 325 g/mol. The zero-order valence-electron chi connectivity index (χ0n) is 13.4. The van der Waals surface area contributed by atoms with Gasteiger partial charge in [-0.1, -0.05) is 12.1 Å². The van der Waals surface area contributed by atoms with Gasteiger partial charge in [0.25, 0.3) is 5.91 Å². The van der Waals surface area contributed by atoms with Crippen LogP contribution in [0.5, 0.6) is 5.75 Å². The minimum atomic E-state index is -0.419. The Balaban J connectivity index is 1.80. The van der Waals surface area contributed by atoms with E-state index in [0.717, 1.165) is 18.4 Å². The minimum Gasteiger partial charge on any atom is -0.508 e. The topological polar surface area (TPSA) is 66.8 Å². The highest BCUT2D eigenvalue weighted by Crippen LogP contribution is 2.33. The number of rotatable bonds is 3. The van der Waals surface area contributed by atoms with E-state index >= 15 is 0 Å². The summed E-state index contributed by atoms with van der Waals surface area (Å²) >= 11 is 0. The lowest BCUT2D eigenvalue weighted by atomic mass is 10.0. The van der Waals surface area contributed by atoms with Crippen LogP contribution in [-0.4, -0.2) is 35.5 Å². The van der Waals surface area contributed by atoms with E-state index in [1.165, 1.54) is 7.11 Å². The molecular formula is C19H19NO4. The first kappa shape index (κ1) is 16.1. The quantitative estimate of drug-likeness (QED) is 0.880. The van der Waals surface area contributed by atoms with E-state index in [4.69, 9.17) is 0 Å². The molecule has 1 heterocycles. The van der Waals surface area contributed by atoms with Crippen molar-refractivity contribution in [2.24, 2.45) is 0 Å². The van der Waals surface area contributed by atoms with Crippen LogP contribution in [0.1, 0.15) is 45.2 Å². The zero-order chi connectivity index (χ0) is 17.1. The van der Waals surface area contributed by atoms with Crippen LogP contribution >= 0.6 is 0 Å². The smallest absolute Gasteiger partial charge is 0.337 e. The summed E-state index contributed by atoms with van der Waals surface area (Å²) < 4.78 is 4.67. The molecule has 1 aliphatic heterocycles. The average molecular weight is 325 g/mol. The SMILES string of the molecule is COC(=O)c1ccc(C(=O)N2CCC[C@H]2c2ccc(O)cc2)cc1. The standard InChI is InChI=1S/C19H19NO4/c1-24-19(23)15-6-4-14(5-7-15)18(22)20-12-2-3-17(20)13-8-10-16(21)11-9-13/h4-11,17,21H,2-3,12H2,1H3/t17-/m0/s1. The Morgan fingerprint density at radius 3 is 2.29 bits per heavy atom. The number of amides is 1. The van der Waals surface area contributed by atoms with Crippen molar-refractivity contribution in [3.63, 3.8) is 0 Å². The molecule has 1 atom stereocenters. The largest absolute Gasteiger partial charge is 0.508 e. The maximum atomic E-state index is 12.8. The molecule has 0 aliphatic carbocycles. The molecule has 3 rings (SSSR count). The molecule has 0 aromatic heterocycles. The normalized spacial score (nSPS) is 16.9. The summed E-state index contributed by atoms with van der Waals surface area (Å²) in [6.45, 7) is 0.698. The van der Waals surface area contributed by atoms with Crippen molar-refractivity contribution >= 4 is 11.9 Å². The van der Waals surface area contributed by atoms with E-state index in [-0.39, 0.29) is 17.7 Å². The molecule has 0 unspecified atom stereocenters. The molecule has 2 aromatic rings. The number of hydrogen-bond donors (Lipinski definition) is 1. The third kappa shape index (κ3) is 3.11. The van der Waals surface area contributed by atoms with Crippen LogP contribution in [0.2, 0.25) is 0 Å². The summed E-state index contributed by atoms with van der Waals surface area (Å²) in [5.41, 5.74) is 1.99. The van der Waals surface area contributed by atoms with Crippen LogP contribution in [0.3, 0.4) is 0 Å². The molecule has 5 heteroatoms. The number of esters is 1. The van der Waals surface area contributed by atoms with Gasteiger partial charge in [0, 0.05) is 12.1 Å². The molecule has 1 N–H and O–H groups in total. The Labute approximate surface area is 140 Å². The molecule has 1 aliphatic rings. The number of carbonyl (C=O) groups is 2. The number of ether oxygens (including phenoxy) is 1. The van der Waals surface area contributed by atoms with Gasteiger partial charge in [-0.3, -0.25) is 4.79 Å². The van der Waals surface area contributed by atoms with E-state index in [0.29, 0.717) is 17.7 Å². The van der Waals surface area contributed by atoms with Gasteiger partial charge < -0.3 is 14.7 Å². The third-order valence-electron chi connectivity index (χ3n) is 4.34. The van der Waals surface area contributed by atoms with Crippen LogP contribution in [-0.2, 0) is 4.74 Å². The van der Waals surface area contributed by atoms with Crippen molar-refractivity contribution in [3.05, 3.63) is 65.2 Å². The fourth-order valence-electron chi connectivity index (χ4n) is 3.09. The fourth-order valence-corrected chi connectivity index (χ4v) is 3.09. The number of hydrogen-bond acceptors (Lipinski definition) is 4. The predicted molar refractivity (Wildman–Crippen MR) is 88.9 cm³/mol. The number of benzene rings is 2. The van der Waals surface area contributed by atoms with Crippen molar-refractivity contribution in [2.45, 2.75) is 18.9 Å². The number of phenols is 1. The number of phenolic OH excluding ortho intramolecular Hbond substituents is 1. The maximum Gasteiger partial charge on any atom is 0.337 e. The number of nitrogens with zero attached hydrogens (tertiary/aromatic N) is 1. The van der Waals surface area contributed by atoms with Gasteiger partial charge >= 0.3 is 5.97 Å². The van der Waals surface area contributed by atoms with E-state index in [9.17, 15) is 14.7 Å². The molecule has 5 nitrogen and oxygen atoms in total. The van der Waals surface area contributed by atoms with Gasteiger partial charge in [-0.05, 0) is 54.8 Å². The highest BCUT2D eigenvalue weighted by molar-refractivity contribution is 5.96. The summed E-state index contributed by atoms with van der Waals surface area (Å²) in [6, 6.07) is 13.5. The Morgan fingerprint density at radius 2 is 1.67 bits per heavy atom. The Morgan fingerprint density at radius 1 is 1.04 bits per heavy atom. The second-order valence-electron chi connectivity index (χ2n) is 5.82. The molecule has 0 spiro atoms. The second-order valence-corrected chi connectivity index (χ2v) is 5.82. The highest BCUT2D eigenvalue weighted by atomic mass is 16.5. The van der Waals surface area contributed by atoms with Gasteiger partial charge in [-0.15, -0.1) is 0 Å². The second kappa shape index (κ2) is 6.74. The van der Waals surface area contributed by atoms with Crippen molar-refractivity contribution in [1.29, 1.82) is 0 Å². The lowest BCUT2D eigenvalue weighted by molar-refractivity contribution is 0.0599. The van der Waals surface area contributed by atoms with Crippen molar-refractivity contribution < 1.29 is 19.4 Å². The molecule has 24 heavy (non-hydrogen) atoms. The van der Waals surface area contributed by atoms with Gasteiger partial charge in [0.2, 0.25) is 0 Å². The number of carbonyl (C=O) groups excluding carboxylic acids is 2. The molecule has 1 fully saturated rings. The first-order chi connectivity index (χ1) is 11.6. The summed E-state index contributed by atoms with van der Waals surface area (Å²) in [4.78, 5) is 26.1. The van der Waals surface area contributed by atoms with Crippen LogP contribution < -0.4 is 0 Å². The van der Waals surface area contributed by atoms with Crippen LogP contribution in [0.4, 0.5) is 0 Å². The lowest BCUT2D eigenvalue weighted by Gasteiger charge is -2.25. The minimum absolute atomic E-state index is 0.0124. The summed E-state index contributed by atoms with van der Waals surface area (Å²) in [7, 11) is 1.33. The number of likely N-dealkylation sites (tertiary alicyclic amines) is 1. The molecule has 124 valence electrons. The average Bonchev–Trinajstić information content (AvgIpc) is 3.11. The molecule has 1 amide bonds. The fraction of sp³-hybridized carbons (Fsp3) is 0.263. The Hall–Kier alpha value is -2.82. The van der Waals surface area contributed by atoms with Crippen LogP contribution in [0, 0.1) is 0 Å². The predicted octanol–water partition coefficient (Wildman–Crippen LogP) is 3.16. The highest BCUT2D eigenvalue weighted by Gasteiger charge is 2.30. The van der Waals surface area contributed by atoms with E-state index in [2.05, 4.69) is 4.74 Å². The van der Waals surface area contributed by atoms with Crippen molar-refractivity contribution in [1.82, 2.24) is 4.90 Å². The van der Waals surface area contributed by atoms with E-state index in [1.807, 2.05) is 17.0 Å². The number of aromatic hydroxyl groups is 1. The Bertz CT molecular complexity index is 737. The van der Waals surface area contributed by atoms with Gasteiger partial charge in [-0.2, -0.15) is 0 Å². The molecule has 0 bridgehead atoms. The molecule has 0 saturated carbocycles. The first-order valence-electron chi connectivity index (χ1n) is 7.88. The number of methoxy groups -OCH3 is 1. The van der Waals surface area contributed by atoms with Crippen molar-refractivity contribution in [3.8, 4) is 5.75 Å².